The third-order valence-electron chi connectivity index (χ3n) is 2.56. The van der Waals surface area contributed by atoms with Crippen LogP contribution in [0.4, 0.5) is 0 Å². The molecule has 86 valence electrons. The zero-order valence-corrected chi connectivity index (χ0v) is 9.77. The highest BCUT2D eigenvalue weighted by molar-refractivity contribution is 4.98. The molecule has 1 heterocycles. The number of hydrogen-bond acceptors (Lipinski definition) is 3. The van der Waals surface area contributed by atoms with Gasteiger partial charge in [0.05, 0.1) is 5.69 Å². The molecular weight excluding hydrogens is 190 g/mol. The molecule has 2 N–H and O–H groups in total. The van der Waals surface area contributed by atoms with Crippen LogP contribution >= 0.6 is 0 Å². The van der Waals surface area contributed by atoms with E-state index in [1.54, 1.807) is 4.68 Å². The number of aliphatic hydroxyl groups is 1. The van der Waals surface area contributed by atoms with Crippen LogP contribution in [0.15, 0.2) is 12.3 Å². The monoisotopic (exact) mass is 211 g/mol. The van der Waals surface area contributed by atoms with Crippen molar-refractivity contribution in [3.8, 4) is 0 Å². The Morgan fingerprint density at radius 1 is 1.53 bits per heavy atom. The number of rotatable bonds is 6. The lowest BCUT2D eigenvalue weighted by Crippen LogP contribution is -2.34. The zero-order valence-electron chi connectivity index (χ0n) is 9.77. The van der Waals surface area contributed by atoms with Crippen LogP contribution in [-0.4, -0.2) is 27.5 Å². The standard InChI is InChI=1S/C11H21N3O/c1-9(2)11(5-7-15)12-8-10-4-6-14(3)13-10/h4,6,9,11-12,15H,5,7-8H2,1-3H3. The van der Waals surface area contributed by atoms with Crippen LogP contribution in [0.3, 0.4) is 0 Å². The summed E-state index contributed by atoms with van der Waals surface area (Å²) < 4.78 is 1.80. The van der Waals surface area contributed by atoms with Gasteiger partial charge in [0.2, 0.25) is 0 Å². The second-order valence-corrected chi connectivity index (χ2v) is 4.22. The van der Waals surface area contributed by atoms with Gasteiger partial charge in [-0.25, -0.2) is 0 Å². The van der Waals surface area contributed by atoms with Gasteiger partial charge in [0, 0.05) is 32.4 Å². The van der Waals surface area contributed by atoms with Gasteiger partial charge >= 0.3 is 0 Å². The number of nitrogens with one attached hydrogen (secondary N) is 1. The lowest BCUT2D eigenvalue weighted by molar-refractivity contribution is 0.243. The predicted octanol–water partition coefficient (Wildman–Crippen LogP) is 0.917. The molecule has 0 aromatic carbocycles. The summed E-state index contributed by atoms with van der Waals surface area (Å²) in [4.78, 5) is 0. The number of aliphatic hydroxyl groups excluding tert-OH is 1. The Labute approximate surface area is 91.3 Å². The van der Waals surface area contributed by atoms with Gasteiger partial charge in [-0.3, -0.25) is 4.68 Å². The Morgan fingerprint density at radius 3 is 2.73 bits per heavy atom. The first-order valence-electron chi connectivity index (χ1n) is 5.46. The molecule has 0 saturated carbocycles. The predicted molar refractivity (Wildman–Crippen MR) is 60.4 cm³/mol. The van der Waals surface area contributed by atoms with E-state index >= 15 is 0 Å². The van der Waals surface area contributed by atoms with Crippen molar-refractivity contribution in [3.05, 3.63) is 18.0 Å². The van der Waals surface area contributed by atoms with Crippen molar-refractivity contribution in [1.29, 1.82) is 0 Å². The van der Waals surface area contributed by atoms with Crippen LogP contribution in [0.25, 0.3) is 0 Å². The van der Waals surface area contributed by atoms with Crippen molar-refractivity contribution in [2.24, 2.45) is 13.0 Å². The molecule has 0 bridgehead atoms. The van der Waals surface area contributed by atoms with Gasteiger partial charge in [-0.15, -0.1) is 0 Å². The van der Waals surface area contributed by atoms with E-state index < -0.39 is 0 Å². The van der Waals surface area contributed by atoms with Crippen molar-refractivity contribution >= 4 is 0 Å². The van der Waals surface area contributed by atoms with Gasteiger partial charge in [0.15, 0.2) is 0 Å². The summed E-state index contributed by atoms with van der Waals surface area (Å²) in [6, 6.07) is 2.36. The molecule has 15 heavy (non-hydrogen) atoms. The van der Waals surface area contributed by atoms with Gasteiger partial charge in [0.25, 0.3) is 0 Å². The average Bonchev–Trinajstić information content (AvgIpc) is 2.58. The van der Waals surface area contributed by atoms with E-state index in [4.69, 9.17) is 5.11 Å². The highest BCUT2D eigenvalue weighted by Crippen LogP contribution is 2.06. The van der Waals surface area contributed by atoms with Crippen molar-refractivity contribution in [2.45, 2.75) is 32.9 Å². The molecule has 4 nitrogen and oxygen atoms in total. The van der Waals surface area contributed by atoms with Crippen molar-refractivity contribution in [2.75, 3.05) is 6.61 Å². The second kappa shape index (κ2) is 5.88. The summed E-state index contributed by atoms with van der Waals surface area (Å²) in [5.74, 6) is 0.529. The van der Waals surface area contributed by atoms with Crippen LogP contribution < -0.4 is 5.32 Å². The molecule has 0 saturated heterocycles. The second-order valence-electron chi connectivity index (χ2n) is 4.22. The van der Waals surface area contributed by atoms with Crippen molar-refractivity contribution < 1.29 is 5.11 Å². The quantitative estimate of drug-likeness (QED) is 0.735. The lowest BCUT2D eigenvalue weighted by Gasteiger charge is -2.20. The number of hydrogen-bond donors (Lipinski definition) is 2. The Morgan fingerprint density at radius 2 is 2.27 bits per heavy atom. The van der Waals surface area contributed by atoms with Gasteiger partial charge in [0.1, 0.15) is 0 Å². The Bertz CT molecular complexity index is 283. The third kappa shape index (κ3) is 4.01. The van der Waals surface area contributed by atoms with Gasteiger partial charge in [-0.05, 0) is 18.4 Å². The summed E-state index contributed by atoms with van der Waals surface area (Å²) in [5, 5.41) is 16.6. The van der Waals surface area contributed by atoms with Gasteiger partial charge in [-0.2, -0.15) is 5.10 Å². The van der Waals surface area contributed by atoms with Gasteiger partial charge < -0.3 is 10.4 Å². The van der Waals surface area contributed by atoms with E-state index in [9.17, 15) is 0 Å². The number of nitrogens with zero attached hydrogens (tertiary/aromatic N) is 2. The Hall–Kier alpha value is -0.870. The van der Waals surface area contributed by atoms with Crippen LogP contribution in [-0.2, 0) is 13.6 Å². The maximum absolute atomic E-state index is 8.93. The summed E-state index contributed by atoms with van der Waals surface area (Å²) >= 11 is 0. The highest BCUT2D eigenvalue weighted by atomic mass is 16.3. The molecular formula is C11H21N3O. The molecule has 1 atom stereocenters. The molecule has 1 unspecified atom stereocenters. The normalized spacial score (nSPS) is 13.4. The van der Waals surface area contributed by atoms with Crippen LogP contribution in [0.5, 0.6) is 0 Å². The Balaban J connectivity index is 2.39. The smallest absolute Gasteiger partial charge is 0.0762 e. The molecule has 1 rings (SSSR count). The minimum atomic E-state index is 0.234. The minimum absolute atomic E-state index is 0.234. The first-order valence-corrected chi connectivity index (χ1v) is 5.46. The number of aromatic nitrogens is 2. The maximum Gasteiger partial charge on any atom is 0.0762 e. The summed E-state index contributed by atoms with van der Waals surface area (Å²) in [6.07, 6.45) is 2.73. The maximum atomic E-state index is 8.93. The molecule has 0 amide bonds. The topological polar surface area (TPSA) is 50.1 Å². The van der Waals surface area contributed by atoms with E-state index in [2.05, 4.69) is 24.3 Å². The fourth-order valence-corrected chi connectivity index (χ4v) is 1.60. The minimum Gasteiger partial charge on any atom is -0.396 e. The fraction of sp³-hybridized carbons (Fsp3) is 0.727. The molecule has 0 radical (unpaired) electrons. The van der Waals surface area contributed by atoms with E-state index in [0.29, 0.717) is 12.0 Å². The molecule has 0 aliphatic rings. The Kier molecular flexibility index (Phi) is 4.78. The molecule has 0 spiro atoms. The van der Waals surface area contributed by atoms with E-state index in [0.717, 1.165) is 18.7 Å². The first-order chi connectivity index (χ1) is 7.13. The lowest BCUT2D eigenvalue weighted by atomic mass is 10.0. The van der Waals surface area contributed by atoms with Gasteiger partial charge in [-0.1, -0.05) is 13.8 Å². The van der Waals surface area contributed by atoms with Crippen molar-refractivity contribution in [1.82, 2.24) is 15.1 Å². The SMILES string of the molecule is CC(C)C(CCO)NCc1ccn(C)n1. The highest BCUT2D eigenvalue weighted by Gasteiger charge is 2.12. The first kappa shape index (κ1) is 12.2. The molecule has 1 aromatic heterocycles. The van der Waals surface area contributed by atoms with E-state index in [1.165, 1.54) is 0 Å². The molecule has 4 heteroatoms. The fourth-order valence-electron chi connectivity index (χ4n) is 1.60. The summed E-state index contributed by atoms with van der Waals surface area (Å²) in [6.45, 7) is 5.32. The van der Waals surface area contributed by atoms with Crippen LogP contribution in [0.2, 0.25) is 0 Å². The third-order valence-corrected chi connectivity index (χ3v) is 2.56. The van der Waals surface area contributed by atoms with Crippen LogP contribution in [0.1, 0.15) is 26.0 Å². The average molecular weight is 211 g/mol. The molecule has 0 aliphatic carbocycles. The summed E-state index contributed by atoms with van der Waals surface area (Å²) in [5.41, 5.74) is 1.04. The van der Waals surface area contributed by atoms with E-state index in [-0.39, 0.29) is 6.61 Å². The van der Waals surface area contributed by atoms with Crippen molar-refractivity contribution in [3.63, 3.8) is 0 Å². The molecule has 1 aromatic rings. The summed E-state index contributed by atoms with van der Waals surface area (Å²) in [7, 11) is 1.91. The molecule has 0 fully saturated rings. The van der Waals surface area contributed by atoms with Crippen LogP contribution in [0, 0.1) is 5.92 Å². The number of aryl methyl sites for hydroxylation is 1. The zero-order chi connectivity index (χ0) is 11.3. The molecule has 0 aliphatic heterocycles. The largest absolute Gasteiger partial charge is 0.396 e. The van der Waals surface area contributed by atoms with E-state index in [1.807, 2.05) is 19.3 Å².